The zero-order valence-electron chi connectivity index (χ0n) is 14.6. The molecule has 25 heavy (non-hydrogen) atoms. The van der Waals surface area contributed by atoms with E-state index >= 15 is 0 Å². The third kappa shape index (κ3) is 5.87. The second-order valence-electron chi connectivity index (χ2n) is 6.87. The molecule has 1 aromatic rings. The summed E-state index contributed by atoms with van der Waals surface area (Å²) in [5.41, 5.74) is 6.86. The van der Waals surface area contributed by atoms with Crippen molar-refractivity contribution in [3.05, 3.63) is 24.3 Å². The van der Waals surface area contributed by atoms with Crippen molar-refractivity contribution in [2.24, 2.45) is 11.7 Å². The fourth-order valence-corrected chi connectivity index (χ4v) is 3.51. The molecule has 1 saturated carbocycles. The Labute approximate surface area is 156 Å². The average Bonchev–Trinajstić information content (AvgIpc) is 2.64. The topological polar surface area (TPSA) is 73.6 Å². The first-order valence-electron chi connectivity index (χ1n) is 9.13. The van der Waals surface area contributed by atoms with Crippen molar-refractivity contribution in [2.75, 3.05) is 18.5 Å². The summed E-state index contributed by atoms with van der Waals surface area (Å²) in [4.78, 5) is 12.3. The zero-order valence-corrected chi connectivity index (χ0v) is 15.4. The minimum atomic E-state index is -0.480. The summed E-state index contributed by atoms with van der Waals surface area (Å²) in [6.45, 7) is 1.39. The van der Waals surface area contributed by atoms with Crippen LogP contribution in [0.1, 0.15) is 44.9 Å². The van der Waals surface area contributed by atoms with E-state index in [2.05, 4.69) is 5.32 Å². The molecule has 2 aliphatic rings. The van der Waals surface area contributed by atoms with Gasteiger partial charge in [-0.1, -0.05) is 6.42 Å². The van der Waals surface area contributed by atoms with E-state index in [4.69, 9.17) is 15.2 Å². The third-order valence-corrected chi connectivity index (χ3v) is 5.05. The number of benzene rings is 1. The largest absolute Gasteiger partial charge is 0.490 e. The Morgan fingerprint density at radius 3 is 2.36 bits per heavy atom. The molecule has 0 bridgehead atoms. The van der Waals surface area contributed by atoms with E-state index in [-0.39, 0.29) is 24.2 Å². The Bertz CT molecular complexity index is 526. The van der Waals surface area contributed by atoms with Crippen molar-refractivity contribution >= 4 is 24.0 Å². The molecule has 5 nitrogen and oxygen atoms in total. The second-order valence-corrected chi connectivity index (χ2v) is 6.87. The highest BCUT2D eigenvalue weighted by Crippen LogP contribution is 2.25. The summed E-state index contributed by atoms with van der Waals surface area (Å²) in [6.07, 6.45) is 8.13. The Balaban J connectivity index is 0.00000225. The van der Waals surface area contributed by atoms with E-state index in [0.29, 0.717) is 19.3 Å². The van der Waals surface area contributed by atoms with E-state index in [9.17, 15) is 4.79 Å². The van der Waals surface area contributed by atoms with Gasteiger partial charge in [-0.3, -0.25) is 4.79 Å². The van der Waals surface area contributed by atoms with E-state index in [1.165, 1.54) is 19.3 Å². The van der Waals surface area contributed by atoms with Crippen LogP contribution < -0.4 is 15.8 Å². The highest BCUT2D eigenvalue weighted by molar-refractivity contribution is 5.94. The molecule has 1 amide bonds. The number of rotatable bonds is 5. The predicted octanol–water partition coefficient (Wildman–Crippen LogP) is 3.51. The summed E-state index contributed by atoms with van der Waals surface area (Å²) in [5, 5.41) is 2.91. The van der Waals surface area contributed by atoms with Gasteiger partial charge in [-0.2, -0.15) is 0 Å². The molecule has 2 fully saturated rings. The van der Waals surface area contributed by atoms with Gasteiger partial charge >= 0.3 is 0 Å². The van der Waals surface area contributed by atoms with E-state index < -0.39 is 6.04 Å². The summed E-state index contributed by atoms with van der Waals surface area (Å²) < 4.78 is 11.3. The van der Waals surface area contributed by atoms with Gasteiger partial charge < -0.3 is 20.5 Å². The molecule has 3 rings (SSSR count). The number of carbonyl (C=O) groups excluding carboxylic acids is 1. The number of carbonyl (C=O) groups is 1. The van der Waals surface area contributed by atoms with Gasteiger partial charge in [0.15, 0.2) is 0 Å². The van der Waals surface area contributed by atoms with Crippen LogP contribution in [0.25, 0.3) is 0 Å². The molecule has 1 saturated heterocycles. The summed E-state index contributed by atoms with van der Waals surface area (Å²) >= 11 is 0. The zero-order chi connectivity index (χ0) is 16.8. The molecule has 6 heteroatoms. The van der Waals surface area contributed by atoms with Crippen LogP contribution in [0.4, 0.5) is 5.69 Å². The van der Waals surface area contributed by atoms with Gasteiger partial charge in [-0.05, 0) is 68.7 Å². The van der Waals surface area contributed by atoms with Gasteiger partial charge in [-0.25, -0.2) is 0 Å². The van der Waals surface area contributed by atoms with Gasteiger partial charge in [0.2, 0.25) is 5.91 Å². The minimum Gasteiger partial charge on any atom is -0.490 e. The van der Waals surface area contributed by atoms with Crippen molar-refractivity contribution in [2.45, 2.75) is 57.1 Å². The molecule has 1 heterocycles. The fraction of sp³-hybridized carbons (Fsp3) is 0.632. The molecule has 0 radical (unpaired) electrons. The maximum absolute atomic E-state index is 12.3. The van der Waals surface area contributed by atoms with E-state index in [1.807, 2.05) is 24.3 Å². The fourth-order valence-electron chi connectivity index (χ4n) is 3.51. The Hall–Kier alpha value is -1.30. The third-order valence-electron chi connectivity index (χ3n) is 5.05. The van der Waals surface area contributed by atoms with Crippen LogP contribution in [0.3, 0.4) is 0 Å². The molecule has 0 spiro atoms. The lowest BCUT2D eigenvalue weighted by Crippen LogP contribution is -2.43. The molecular weight excluding hydrogens is 340 g/mol. The molecule has 1 aliphatic carbocycles. The molecule has 140 valence electrons. The lowest BCUT2D eigenvalue weighted by molar-refractivity contribution is -0.119. The van der Waals surface area contributed by atoms with Crippen LogP contribution in [0, 0.1) is 5.92 Å². The molecule has 3 N–H and O–H groups in total. The van der Waals surface area contributed by atoms with Gasteiger partial charge in [0.1, 0.15) is 5.75 Å². The van der Waals surface area contributed by atoms with E-state index in [1.54, 1.807) is 0 Å². The predicted molar refractivity (Wildman–Crippen MR) is 101 cm³/mol. The second kappa shape index (κ2) is 10.00. The van der Waals surface area contributed by atoms with Gasteiger partial charge in [0.05, 0.1) is 12.1 Å². The number of ether oxygens (including phenoxy) is 2. The molecule has 1 atom stereocenters. The number of hydrogen-bond donors (Lipinski definition) is 2. The smallest absolute Gasteiger partial charge is 0.241 e. The quantitative estimate of drug-likeness (QED) is 0.834. The van der Waals surface area contributed by atoms with Crippen LogP contribution in [0.15, 0.2) is 24.3 Å². The number of hydrogen-bond acceptors (Lipinski definition) is 4. The van der Waals surface area contributed by atoms with Gasteiger partial charge in [0, 0.05) is 18.9 Å². The van der Waals surface area contributed by atoms with Crippen LogP contribution in [0.5, 0.6) is 5.75 Å². The summed E-state index contributed by atoms with van der Waals surface area (Å²) in [5.74, 6) is 0.948. The number of anilines is 1. The van der Waals surface area contributed by atoms with E-state index in [0.717, 1.165) is 37.1 Å². The highest BCUT2D eigenvalue weighted by Gasteiger charge is 2.26. The lowest BCUT2D eigenvalue weighted by Gasteiger charge is -2.26. The number of amides is 1. The minimum absolute atomic E-state index is 0. The maximum atomic E-state index is 12.3. The molecular formula is C19H29ClN2O3. The van der Waals surface area contributed by atoms with Crippen molar-refractivity contribution in [3.8, 4) is 5.75 Å². The number of halogens is 1. The summed E-state index contributed by atoms with van der Waals surface area (Å²) in [7, 11) is 0. The Morgan fingerprint density at radius 2 is 1.72 bits per heavy atom. The van der Waals surface area contributed by atoms with Crippen molar-refractivity contribution < 1.29 is 14.3 Å². The molecule has 0 aromatic heterocycles. The van der Waals surface area contributed by atoms with Crippen molar-refractivity contribution in [1.82, 2.24) is 0 Å². The average molecular weight is 369 g/mol. The molecule has 1 unspecified atom stereocenters. The SMILES string of the molecule is Cl.NC(C(=O)Nc1ccc(OC2CCCCC2)cc1)C1CCOCC1. The normalized spacial score (nSPS) is 20.4. The molecule has 1 aromatic carbocycles. The number of nitrogens with one attached hydrogen (secondary N) is 1. The van der Waals surface area contributed by atoms with Crippen LogP contribution >= 0.6 is 12.4 Å². The van der Waals surface area contributed by atoms with Gasteiger partial charge in [-0.15, -0.1) is 12.4 Å². The standard InChI is InChI=1S/C19H28N2O3.ClH/c20-18(14-10-12-23-13-11-14)19(22)21-15-6-8-17(9-7-15)24-16-4-2-1-3-5-16;/h6-9,14,16,18H,1-5,10-13,20H2,(H,21,22);1H. The van der Waals surface area contributed by atoms with Crippen LogP contribution in [0.2, 0.25) is 0 Å². The highest BCUT2D eigenvalue weighted by atomic mass is 35.5. The first kappa shape index (κ1) is 20.0. The van der Waals surface area contributed by atoms with Crippen molar-refractivity contribution in [1.29, 1.82) is 0 Å². The first-order valence-corrected chi connectivity index (χ1v) is 9.13. The van der Waals surface area contributed by atoms with Crippen LogP contribution in [-0.4, -0.2) is 31.3 Å². The van der Waals surface area contributed by atoms with Gasteiger partial charge in [0.25, 0.3) is 0 Å². The monoisotopic (exact) mass is 368 g/mol. The first-order chi connectivity index (χ1) is 11.7. The Kier molecular flexibility index (Phi) is 8.00. The molecule has 1 aliphatic heterocycles. The van der Waals surface area contributed by atoms with Crippen LogP contribution in [-0.2, 0) is 9.53 Å². The Morgan fingerprint density at radius 1 is 1.08 bits per heavy atom. The number of nitrogens with two attached hydrogens (primary N) is 1. The summed E-state index contributed by atoms with van der Waals surface area (Å²) in [6, 6.07) is 7.13. The van der Waals surface area contributed by atoms with Crippen molar-refractivity contribution in [3.63, 3.8) is 0 Å². The maximum Gasteiger partial charge on any atom is 0.241 e. The lowest BCUT2D eigenvalue weighted by atomic mass is 9.92.